The molecule has 6 rings (SSSR count). The highest BCUT2D eigenvalue weighted by molar-refractivity contribution is 7.91. The Morgan fingerprint density at radius 1 is 1.09 bits per heavy atom. The van der Waals surface area contributed by atoms with Crippen LogP contribution in [0.1, 0.15) is 67.2 Å². The molecule has 0 spiro atoms. The molecule has 0 unspecified atom stereocenters. The fourth-order valence-electron chi connectivity index (χ4n) is 6.61. The maximum Gasteiger partial charge on any atom is 0.408 e. The number of hydrogen-bond donors (Lipinski definition) is 3. The summed E-state index contributed by atoms with van der Waals surface area (Å²) in [4.78, 5) is 61.5. The number of rotatable bonds is 11. The molecule has 0 radical (unpaired) electrons. The van der Waals surface area contributed by atoms with Gasteiger partial charge in [-0.2, -0.15) is 0 Å². The third-order valence-electron chi connectivity index (χ3n) is 9.67. The number of ether oxygens (including phenoxy) is 2. The molecule has 53 heavy (non-hydrogen) atoms. The fourth-order valence-corrected chi connectivity index (χ4v) is 7.97. The smallest absolute Gasteiger partial charge is 0.408 e. The van der Waals surface area contributed by atoms with Crippen LogP contribution in [0.25, 0.3) is 22.0 Å². The van der Waals surface area contributed by atoms with Crippen LogP contribution >= 0.6 is 0 Å². The Kier molecular flexibility index (Phi) is 9.86. The van der Waals surface area contributed by atoms with Crippen molar-refractivity contribution in [1.29, 1.82) is 0 Å². The summed E-state index contributed by atoms with van der Waals surface area (Å²) in [6.45, 7) is 14.2. The zero-order valence-electron chi connectivity index (χ0n) is 30.8. The summed E-state index contributed by atoms with van der Waals surface area (Å²) in [5.74, 6) is -2.34. The lowest BCUT2D eigenvalue weighted by Gasteiger charge is -2.36. The number of likely N-dealkylation sites (tertiary alicyclic amines) is 1. The third-order valence-corrected chi connectivity index (χ3v) is 11.5. The molecule has 2 aromatic heterocycles. The van der Waals surface area contributed by atoms with Crippen LogP contribution in [0.2, 0.25) is 0 Å². The lowest BCUT2D eigenvalue weighted by Crippen LogP contribution is -2.60. The van der Waals surface area contributed by atoms with Crippen LogP contribution in [0.5, 0.6) is 5.88 Å². The maximum absolute atomic E-state index is 14.6. The number of benzene rings is 1. The third kappa shape index (κ3) is 8.19. The van der Waals surface area contributed by atoms with Crippen molar-refractivity contribution in [2.75, 3.05) is 6.54 Å². The molecule has 3 aliphatic rings. The molecule has 3 aromatic rings. The molecule has 1 aromatic carbocycles. The van der Waals surface area contributed by atoms with Crippen molar-refractivity contribution in [3.63, 3.8) is 0 Å². The van der Waals surface area contributed by atoms with E-state index in [1.807, 2.05) is 30.3 Å². The van der Waals surface area contributed by atoms with Crippen molar-refractivity contribution >= 4 is 44.6 Å². The number of amides is 4. The van der Waals surface area contributed by atoms with E-state index in [0.717, 1.165) is 10.9 Å². The molecule has 3 heterocycles. The molecule has 14 nitrogen and oxygen atoms in total. The molecule has 3 N–H and O–H groups in total. The van der Waals surface area contributed by atoms with Gasteiger partial charge >= 0.3 is 6.09 Å². The van der Waals surface area contributed by atoms with Crippen molar-refractivity contribution < 1.29 is 41.5 Å². The molecule has 2 saturated carbocycles. The maximum atomic E-state index is 14.6. The topological polar surface area (TPSA) is 186 Å². The van der Waals surface area contributed by atoms with E-state index in [9.17, 15) is 27.6 Å². The summed E-state index contributed by atoms with van der Waals surface area (Å²) < 4.78 is 44.9. The van der Waals surface area contributed by atoms with E-state index in [4.69, 9.17) is 18.9 Å². The molecule has 5 atom stereocenters. The van der Waals surface area contributed by atoms with Gasteiger partial charge in [-0.05, 0) is 69.0 Å². The van der Waals surface area contributed by atoms with Gasteiger partial charge in [0.1, 0.15) is 29.3 Å². The van der Waals surface area contributed by atoms with Crippen LogP contribution in [-0.4, -0.2) is 83.2 Å². The SMILES string of the molecule is C=C[C@@H]1C[C@]1(NC(=O)[C@@H]1C[C@@H](Oc2nc(-c3ccoc3)cc3ccccc23)CN1C(=O)[C@@H](NC(=O)OC(C)(C)C)C(C)(C)C)C(=O)NS(=O)(=O)C1CC1. The van der Waals surface area contributed by atoms with Crippen LogP contribution in [0.4, 0.5) is 4.79 Å². The molecule has 4 amide bonds. The van der Waals surface area contributed by atoms with Gasteiger partial charge in [-0.1, -0.05) is 45.0 Å². The van der Waals surface area contributed by atoms with Crippen LogP contribution in [0.3, 0.4) is 0 Å². The first-order valence-electron chi connectivity index (χ1n) is 17.7. The Morgan fingerprint density at radius 2 is 1.81 bits per heavy atom. The van der Waals surface area contributed by atoms with Crippen LogP contribution in [-0.2, 0) is 29.1 Å². The number of nitrogens with one attached hydrogen (secondary N) is 3. The van der Waals surface area contributed by atoms with Crippen LogP contribution < -0.4 is 20.1 Å². The predicted molar refractivity (Wildman–Crippen MR) is 196 cm³/mol. The number of aromatic nitrogens is 1. The number of carbonyl (C=O) groups excluding carboxylic acids is 4. The molecule has 0 bridgehead atoms. The molecular formula is C38H47N5O9S. The van der Waals surface area contributed by atoms with Crippen LogP contribution in [0.15, 0.2) is 66.0 Å². The van der Waals surface area contributed by atoms with Gasteiger partial charge in [0, 0.05) is 23.3 Å². The molecule has 1 aliphatic heterocycles. The van der Waals surface area contributed by atoms with Gasteiger partial charge in [-0.25, -0.2) is 18.2 Å². The van der Waals surface area contributed by atoms with Crippen molar-refractivity contribution in [3.05, 3.63) is 61.6 Å². The van der Waals surface area contributed by atoms with E-state index >= 15 is 0 Å². The summed E-state index contributed by atoms with van der Waals surface area (Å²) >= 11 is 0. The highest BCUT2D eigenvalue weighted by Crippen LogP contribution is 2.45. The Balaban J connectivity index is 1.32. The van der Waals surface area contributed by atoms with E-state index in [1.165, 1.54) is 11.0 Å². The quantitative estimate of drug-likeness (QED) is 0.237. The fraction of sp³-hybridized carbons (Fsp3) is 0.500. The Morgan fingerprint density at radius 3 is 2.42 bits per heavy atom. The number of fused-ring (bicyclic) bond motifs is 1. The zero-order valence-corrected chi connectivity index (χ0v) is 31.6. The second kappa shape index (κ2) is 13.8. The highest BCUT2D eigenvalue weighted by atomic mass is 32.2. The van der Waals surface area contributed by atoms with Gasteiger partial charge in [-0.15, -0.1) is 6.58 Å². The Labute approximate surface area is 309 Å². The minimum absolute atomic E-state index is 0.00362. The number of hydrogen-bond acceptors (Lipinski definition) is 10. The summed E-state index contributed by atoms with van der Waals surface area (Å²) in [5, 5.41) is 6.41. The highest BCUT2D eigenvalue weighted by Gasteiger charge is 2.62. The minimum atomic E-state index is -3.91. The molecular weight excluding hydrogens is 703 g/mol. The lowest BCUT2D eigenvalue weighted by molar-refractivity contribution is -0.143. The summed E-state index contributed by atoms with van der Waals surface area (Å²) in [6, 6.07) is 8.91. The van der Waals surface area contributed by atoms with Crippen molar-refractivity contribution in [3.8, 4) is 17.1 Å². The molecule has 2 aliphatic carbocycles. The minimum Gasteiger partial charge on any atom is -0.472 e. The second-order valence-corrected chi connectivity index (χ2v) is 18.1. The van der Waals surface area contributed by atoms with E-state index in [2.05, 4.69) is 21.9 Å². The van der Waals surface area contributed by atoms with Gasteiger partial charge in [-0.3, -0.25) is 19.1 Å². The van der Waals surface area contributed by atoms with Crippen molar-refractivity contribution in [2.24, 2.45) is 11.3 Å². The van der Waals surface area contributed by atoms with Gasteiger partial charge in [0.25, 0.3) is 5.91 Å². The zero-order chi connectivity index (χ0) is 38.5. The summed E-state index contributed by atoms with van der Waals surface area (Å²) in [5.41, 5.74) is -1.90. The van der Waals surface area contributed by atoms with E-state index < -0.39 is 79.7 Å². The molecule has 284 valence electrons. The molecule has 3 fully saturated rings. The van der Waals surface area contributed by atoms with Gasteiger partial charge < -0.3 is 29.4 Å². The van der Waals surface area contributed by atoms with Gasteiger partial charge in [0.15, 0.2) is 0 Å². The number of sulfonamides is 1. The van der Waals surface area contributed by atoms with Gasteiger partial charge in [0.05, 0.1) is 30.0 Å². The molecule has 1 saturated heterocycles. The Bertz CT molecular complexity index is 2030. The van der Waals surface area contributed by atoms with E-state index in [1.54, 1.807) is 60.1 Å². The monoisotopic (exact) mass is 749 g/mol. The average Bonchev–Trinajstić information content (AvgIpc) is 3.94. The number of furan rings is 1. The normalized spacial score (nSPS) is 23.5. The van der Waals surface area contributed by atoms with Crippen molar-refractivity contribution in [2.45, 2.75) is 102 Å². The summed E-state index contributed by atoms with van der Waals surface area (Å²) in [6.07, 6.45) is 4.10. The predicted octanol–water partition coefficient (Wildman–Crippen LogP) is 4.45. The average molecular weight is 750 g/mol. The number of alkyl carbamates (subject to hydrolysis) is 1. The molecule has 15 heteroatoms. The van der Waals surface area contributed by atoms with Crippen molar-refractivity contribution in [1.82, 2.24) is 25.2 Å². The van der Waals surface area contributed by atoms with E-state index in [-0.39, 0.29) is 25.3 Å². The summed E-state index contributed by atoms with van der Waals surface area (Å²) in [7, 11) is -3.91. The second-order valence-electron chi connectivity index (χ2n) is 16.2. The number of nitrogens with zero attached hydrogens (tertiary/aromatic N) is 2. The Hall–Kier alpha value is -4.92. The standard InChI is InChI=1S/C38H47N5O9S/c1-8-24-19-38(24,34(46)42-53(48,49)26-13-14-26)41-31(44)29-18-25(20-43(29)33(45)30(36(2,3)4)40-35(47)52-37(5,6)7)51-32-27-12-10-9-11-22(27)17-28(39-32)23-15-16-50-21-23/h8-12,15-17,21,24-26,29-30H,1,13-14,18-20H2,2-7H3,(H,40,47)(H,41,44)(H,42,46)/t24-,25-,29+,30-,38-/m1/s1. The number of carbonyl (C=O) groups is 4. The lowest BCUT2D eigenvalue weighted by atomic mass is 9.85. The van der Waals surface area contributed by atoms with Gasteiger partial charge in [0.2, 0.25) is 27.7 Å². The first-order chi connectivity index (χ1) is 24.8. The largest absolute Gasteiger partial charge is 0.472 e. The van der Waals surface area contributed by atoms with Crippen LogP contribution in [0, 0.1) is 11.3 Å². The first kappa shape index (κ1) is 37.8. The number of pyridine rings is 1. The first-order valence-corrected chi connectivity index (χ1v) is 19.3. The van der Waals surface area contributed by atoms with E-state index in [0.29, 0.717) is 23.9 Å².